The lowest BCUT2D eigenvalue weighted by atomic mass is 9.92. The quantitative estimate of drug-likeness (QED) is 0.518. The van der Waals surface area contributed by atoms with Crippen LogP contribution in [0.15, 0.2) is 65.6 Å². The van der Waals surface area contributed by atoms with Crippen LogP contribution in [0.3, 0.4) is 0 Å². The predicted octanol–water partition coefficient (Wildman–Crippen LogP) is 4.14. The van der Waals surface area contributed by atoms with Crippen LogP contribution in [0.5, 0.6) is 0 Å². The molecule has 2 aromatic carbocycles. The first-order valence-electron chi connectivity index (χ1n) is 11.3. The Morgan fingerprint density at radius 1 is 1.03 bits per heavy atom. The third-order valence-corrected chi connectivity index (χ3v) is 6.14. The molecule has 1 aliphatic carbocycles. The third-order valence-electron chi connectivity index (χ3n) is 6.14. The minimum atomic E-state index is -0.294. The molecule has 1 aliphatic rings. The smallest absolute Gasteiger partial charge is 0.279 e. The van der Waals surface area contributed by atoms with Gasteiger partial charge in [0.1, 0.15) is 0 Å². The van der Waals surface area contributed by atoms with Crippen LogP contribution >= 0.6 is 0 Å². The molecule has 4 aromatic rings. The van der Waals surface area contributed by atoms with Gasteiger partial charge in [0, 0.05) is 16.6 Å². The highest BCUT2D eigenvalue weighted by molar-refractivity contribution is 6.05. The summed E-state index contributed by atoms with van der Waals surface area (Å²) in [7, 11) is 0. The van der Waals surface area contributed by atoms with Gasteiger partial charge in [0.2, 0.25) is 0 Å². The lowest BCUT2D eigenvalue weighted by Crippen LogP contribution is -2.34. The second-order valence-electron chi connectivity index (χ2n) is 9.49. The summed E-state index contributed by atoms with van der Waals surface area (Å²) in [4.78, 5) is 26.6. The molecule has 0 radical (unpaired) electrons. The number of amides is 1. The molecule has 0 aliphatic heterocycles. The number of nitrogens with zero attached hydrogens (tertiary/aromatic N) is 4. The van der Waals surface area contributed by atoms with Gasteiger partial charge in [0.25, 0.3) is 11.5 Å². The number of rotatable bonds is 3. The van der Waals surface area contributed by atoms with Crippen molar-refractivity contribution in [2.24, 2.45) is 0 Å². The summed E-state index contributed by atoms with van der Waals surface area (Å²) in [6.45, 7) is 6.39. The van der Waals surface area contributed by atoms with Crippen LogP contribution in [0.2, 0.25) is 0 Å². The van der Waals surface area contributed by atoms with Gasteiger partial charge < -0.3 is 5.32 Å². The maximum Gasteiger partial charge on any atom is 0.279 e. The number of nitrogens with one attached hydrogen (secondary N) is 1. The molecule has 0 fully saturated rings. The number of hydrogen-bond acceptors (Lipinski definition) is 4. The fourth-order valence-electron chi connectivity index (χ4n) is 4.61. The highest BCUT2D eigenvalue weighted by Gasteiger charge is 2.30. The Kier molecular flexibility index (Phi) is 5.12. The Hall–Kier alpha value is -3.74. The van der Waals surface area contributed by atoms with Crippen molar-refractivity contribution in [3.63, 3.8) is 0 Å². The summed E-state index contributed by atoms with van der Waals surface area (Å²) >= 11 is 0. The van der Waals surface area contributed by atoms with E-state index in [-0.39, 0.29) is 28.7 Å². The van der Waals surface area contributed by atoms with Crippen molar-refractivity contribution >= 4 is 16.7 Å². The van der Waals surface area contributed by atoms with E-state index in [1.54, 1.807) is 30.3 Å². The summed E-state index contributed by atoms with van der Waals surface area (Å²) in [5.41, 5.74) is 2.72. The van der Waals surface area contributed by atoms with Crippen molar-refractivity contribution in [2.45, 2.75) is 51.6 Å². The first kappa shape index (κ1) is 21.1. The van der Waals surface area contributed by atoms with Gasteiger partial charge in [-0.1, -0.05) is 36.4 Å². The van der Waals surface area contributed by atoms with Crippen molar-refractivity contribution < 1.29 is 4.79 Å². The van der Waals surface area contributed by atoms with E-state index >= 15 is 0 Å². The van der Waals surface area contributed by atoms with Gasteiger partial charge in [0.15, 0.2) is 5.69 Å². The van der Waals surface area contributed by atoms with Gasteiger partial charge in [-0.25, -0.2) is 0 Å². The van der Waals surface area contributed by atoms with Crippen LogP contribution in [0, 0.1) is 0 Å². The zero-order valence-corrected chi connectivity index (χ0v) is 19.1. The van der Waals surface area contributed by atoms with Crippen molar-refractivity contribution in [3.05, 3.63) is 88.1 Å². The molecule has 7 heteroatoms. The number of carbonyl (C=O) groups is 1. The Labute approximate surface area is 192 Å². The molecule has 2 aromatic heterocycles. The Balaban J connectivity index is 1.56. The zero-order chi connectivity index (χ0) is 23.2. The van der Waals surface area contributed by atoms with Gasteiger partial charge in [-0.2, -0.15) is 14.9 Å². The molecule has 33 heavy (non-hydrogen) atoms. The summed E-state index contributed by atoms with van der Waals surface area (Å²) in [5, 5.41) is 13.3. The maximum absolute atomic E-state index is 13.5. The largest absolute Gasteiger partial charge is 0.344 e. The van der Waals surface area contributed by atoms with Crippen LogP contribution in [0.4, 0.5) is 0 Å². The van der Waals surface area contributed by atoms with Crippen LogP contribution in [0.1, 0.15) is 61.4 Å². The average molecular weight is 442 g/mol. The number of hydrogen-bond donors (Lipinski definition) is 1. The van der Waals surface area contributed by atoms with E-state index in [0.717, 1.165) is 24.8 Å². The fraction of sp³-hybridized carbons (Fsp3) is 0.308. The number of para-hydroxylation sites is 1. The highest BCUT2D eigenvalue weighted by Crippen LogP contribution is 2.32. The molecule has 7 nitrogen and oxygen atoms in total. The monoisotopic (exact) mass is 441 g/mol. The van der Waals surface area contributed by atoms with Crippen LogP contribution in [-0.2, 0) is 12.0 Å². The zero-order valence-electron chi connectivity index (χ0n) is 19.1. The molecule has 0 bridgehead atoms. The van der Waals surface area contributed by atoms with Crippen LogP contribution in [-0.4, -0.2) is 25.5 Å². The molecular formula is C26H27N5O2. The third kappa shape index (κ3) is 3.73. The topological polar surface area (TPSA) is 81.8 Å². The van der Waals surface area contributed by atoms with E-state index in [4.69, 9.17) is 0 Å². The summed E-state index contributed by atoms with van der Waals surface area (Å²) in [6, 6.07) is 16.2. The molecule has 0 saturated heterocycles. The van der Waals surface area contributed by atoms with E-state index in [1.807, 2.05) is 30.5 Å². The summed E-state index contributed by atoms with van der Waals surface area (Å²) < 4.78 is 3.37. The van der Waals surface area contributed by atoms with Crippen LogP contribution in [0.25, 0.3) is 16.5 Å². The van der Waals surface area contributed by atoms with Crippen molar-refractivity contribution in [3.8, 4) is 5.69 Å². The normalized spacial score (nSPS) is 15.9. The van der Waals surface area contributed by atoms with E-state index in [1.165, 1.54) is 10.4 Å². The molecule has 0 spiro atoms. The summed E-state index contributed by atoms with van der Waals surface area (Å²) in [6.07, 6.45) is 4.63. The Morgan fingerprint density at radius 3 is 2.45 bits per heavy atom. The van der Waals surface area contributed by atoms with Crippen molar-refractivity contribution in [2.75, 3.05) is 0 Å². The van der Waals surface area contributed by atoms with Gasteiger partial charge in [-0.15, -0.1) is 0 Å². The average Bonchev–Trinajstić information content (AvgIpc) is 3.26. The first-order chi connectivity index (χ1) is 15.8. The van der Waals surface area contributed by atoms with Gasteiger partial charge >= 0.3 is 0 Å². The molecule has 1 N–H and O–H groups in total. The van der Waals surface area contributed by atoms with E-state index in [2.05, 4.69) is 41.0 Å². The minimum absolute atomic E-state index is 0.123. The van der Waals surface area contributed by atoms with Crippen molar-refractivity contribution in [1.82, 2.24) is 24.9 Å². The first-order valence-corrected chi connectivity index (χ1v) is 11.3. The lowest BCUT2D eigenvalue weighted by Gasteiger charge is -2.28. The molecule has 168 valence electrons. The number of carbonyl (C=O) groups excluding carboxylic acids is 1. The van der Waals surface area contributed by atoms with E-state index in [0.29, 0.717) is 16.5 Å². The molecule has 0 saturated carbocycles. The molecule has 5 rings (SSSR count). The van der Waals surface area contributed by atoms with Crippen LogP contribution < -0.4 is 10.9 Å². The molecular weight excluding hydrogens is 414 g/mol. The minimum Gasteiger partial charge on any atom is -0.344 e. The van der Waals surface area contributed by atoms with Gasteiger partial charge in [-0.05, 0) is 58.2 Å². The molecule has 1 amide bonds. The second kappa shape index (κ2) is 7.99. The number of fused-ring (bicyclic) bond motifs is 2. The standard InChI is InChI=1S/C26H27N5O2/c1-26(2,3)31-22-15-9-14-21(20(22)16-27-31)28-24(32)23-18-12-7-8-13-19(18)25(33)30(29-23)17-10-5-4-6-11-17/h4-8,10-13,16,21H,9,14-15H2,1-3H3,(H,28,32). The van der Waals surface area contributed by atoms with Crippen molar-refractivity contribution in [1.29, 1.82) is 0 Å². The molecule has 2 heterocycles. The van der Waals surface area contributed by atoms with E-state index < -0.39 is 0 Å². The second-order valence-corrected chi connectivity index (χ2v) is 9.49. The maximum atomic E-state index is 13.5. The molecule has 1 atom stereocenters. The SMILES string of the molecule is CC(C)(C)n1ncc2c1CCCC2NC(=O)c1nn(-c2ccccc2)c(=O)c2ccccc12. The van der Waals surface area contributed by atoms with E-state index in [9.17, 15) is 9.59 Å². The Morgan fingerprint density at radius 2 is 1.73 bits per heavy atom. The fourth-order valence-corrected chi connectivity index (χ4v) is 4.61. The predicted molar refractivity (Wildman–Crippen MR) is 128 cm³/mol. The summed E-state index contributed by atoms with van der Waals surface area (Å²) in [5.74, 6) is -0.294. The highest BCUT2D eigenvalue weighted by atomic mass is 16.2. The lowest BCUT2D eigenvalue weighted by molar-refractivity contribution is 0.0927. The van der Waals surface area contributed by atoms with Gasteiger partial charge in [-0.3, -0.25) is 14.3 Å². The number of benzene rings is 2. The molecule has 1 unspecified atom stereocenters. The Bertz CT molecular complexity index is 1400. The van der Waals surface area contributed by atoms with Gasteiger partial charge in [0.05, 0.1) is 28.9 Å². The number of aromatic nitrogens is 4.